The SMILES string of the molecule is C1CCC(NC2CCCCC2)CC1.CCCCCc1cc2c(c(O)c1C(=O)O)C=CC(C)(CCC=C(C)C)O2. The molecule has 1 atom stereocenters. The van der Waals surface area contributed by atoms with Crippen molar-refractivity contribution in [1.29, 1.82) is 0 Å². The van der Waals surface area contributed by atoms with Crippen LogP contribution in [0.5, 0.6) is 11.5 Å². The molecule has 3 aliphatic rings. The second-order valence-corrected chi connectivity index (χ2v) is 12.3. The molecule has 2 aliphatic carbocycles. The second-order valence-electron chi connectivity index (χ2n) is 12.3. The summed E-state index contributed by atoms with van der Waals surface area (Å²) in [6.45, 7) is 8.27. The Hall–Kier alpha value is -2.27. The van der Waals surface area contributed by atoms with Crippen LogP contribution in [-0.2, 0) is 6.42 Å². The molecule has 0 radical (unpaired) electrons. The van der Waals surface area contributed by atoms with Gasteiger partial charge in [0.05, 0.1) is 5.56 Å². The summed E-state index contributed by atoms with van der Waals surface area (Å²) in [5, 5.41) is 23.9. The van der Waals surface area contributed by atoms with E-state index in [9.17, 15) is 15.0 Å². The quantitative estimate of drug-likeness (QED) is 0.204. The van der Waals surface area contributed by atoms with Gasteiger partial charge in [0.25, 0.3) is 0 Å². The molecule has 218 valence electrons. The van der Waals surface area contributed by atoms with E-state index in [1.165, 1.54) is 69.8 Å². The molecular weight excluding hydrogens is 486 g/mol. The summed E-state index contributed by atoms with van der Waals surface area (Å²) < 4.78 is 6.19. The van der Waals surface area contributed by atoms with E-state index in [4.69, 9.17) is 4.74 Å². The Morgan fingerprint density at radius 3 is 2.21 bits per heavy atom. The van der Waals surface area contributed by atoms with Crippen molar-refractivity contribution in [2.75, 3.05) is 0 Å². The van der Waals surface area contributed by atoms with Gasteiger partial charge in [-0.15, -0.1) is 0 Å². The first-order chi connectivity index (χ1) is 18.7. The maximum Gasteiger partial charge on any atom is 0.339 e. The first kappa shape index (κ1) is 31.3. The van der Waals surface area contributed by atoms with Crippen LogP contribution in [-0.4, -0.2) is 33.9 Å². The van der Waals surface area contributed by atoms with Crippen molar-refractivity contribution in [2.45, 2.75) is 148 Å². The van der Waals surface area contributed by atoms with Gasteiger partial charge in [-0.25, -0.2) is 4.79 Å². The highest BCUT2D eigenvalue weighted by Crippen LogP contribution is 2.42. The fraction of sp³-hybridized carbons (Fsp3) is 0.676. The van der Waals surface area contributed by atoms with E-state index in [0.29, 0.717) is 23.3 Å². The van der Waals surface area contributed by atoms with Crippen LogP contribution in [0.2, 0.25) is 0 Å². The third kappa shape index (κ3) is 9.70. The molecule has 1 unspecified atom stereocenters. The standard InChI is InChI=1S/C22H30O4.C12H23N/c1-5-6-7-10-16-14-18-17(20(23)19(16)21(24)25)11-13-22(4,26-18)12-8-9-15(2)3;1-3-7-11(8-4-1)13-12-9-5-2-6-10-12/h9,11,13-14,23H,5-8,10,12H2,1-4H3,(H,24,25);11-13H,1-10H2. The van der Waals surface area contributed by atoms with E-state index in [0.717, 1.165) is 44.2 Å². The van der Waals surface area contributed by atoms with Crippen LogP contribution in [0.25, 0.3) is 6.08 Å². The molecule has 1 aromatic rings. The van der Waals surface area contributed by atoms with E-state index >= 15 is 0 Å². The van der Waals surface area contributed by atoms with Crippen LogP contribution in [0.15, 0.2) is 23.8 Å². The maximum absolute atomic E-state index is 11.7. The topological polar surface area (TPSA) is 78.8 Å². The molecule has 2 fully saturated rings. The number of fused-ring (bicyclic) bond motifs is 1. The molecule has 1 heterocycles. The lowest BCUT2D eigenvalue weighted by molar-refractivity contribution is 0.0692. The van der Waals surface area contributed by atoms with Crippen molar-refractivity contribution >= 4 is 12.0 Å². The van der Waals surface area contributed by atoms with Gasteiger partial charge in [-0.3, -0.25) is 0 Å². The number of aryl methyl sites for hydroxylation is 1. The van der Waals surface area contributed by atoms with Gasteiger partial charge in [-0.1, -0.05) is 69.9 Å². The smallest absolute Gasteiger partial charge is 0.339 e. The number of hydrogen-bond donors (Lipinski definition) is 3. The monoisotopic (exact) mass is 539 g/mol. The highest BCUT2D eigenvalue weighted by Gasteiger charge is 2.31. The third-order valence-electron chi connectivity index (χ3n) is 8.47. The molecule has 1 aromatic carbocycles. The Bertz CT molecular complexity index is 965. The van der Waals surface area contributed by atoms with Crippen LogP contribution in [0.4, 0.5) is 0 Å². The number of benzene rings is 1. The minimum absolute atomic E-state index is 0.00115. The van der Waals surface area contributed by atoms with Crippen molar-refractivity contribution in [1.82, 2.24) is 5.32 Å². The summed E-state index contributed by atoms with van der Waals surface area (Å²) in [6.07, 6.45) is 25.8. The number of ether oxygens (including phenoxy) is 1. The fourth-order valence-corrected chi connectivity index (χ4v) is 6.16. The minimum Gasteiger partial charge on any atom is -0.506 e. The van der Waals surface area contributed by atoms with Crippen LogP contribution in [0, 0.1) is 0 Å². The van der Waals surface area contributed by atoms with Crippen LogP contribution < -0.4 is 10.1 Å². The zero-order valence-electron chi connectivity index (χ0n) is 25.0. The third-order valence-corrected chi connectivity index (χ3v) is 8.47. The molecule has 0 bridgehead atoms. The first-order valence-corrected chi connectivity index (χ1v) is 15.6. The van der Waals surface area contributed by atoms with E-state index in [1.807, 2.05) is 13.0 Å². The molecular formula is C34H53NO4. The number of carboxylic acids is 1. The lowest BCUT2D eigenvalue weighted by Crippen LogP contribution is -2.40. The molecule has 4 rings (SSSR count). The Kier molecular flexibility index (Phi) is 12.4. The number of phenols is 1. The molecule has 0 amide bonds. The lowest BCUT2D eigenvalue weighted by atomic mass is 9.91. The fourth-order valence-electron chi connectivity index (χ4n) is 6.16. The molecule has 5 heteroatoms. The summed E-state index contributed by atoms with van der Waals surface area (Å²) in [5.41, 5.74) is 1.92. The van der Waals surface area contributed by atoms with Crippen molar-refractivity contribution < 1.29 is 19.7 Å². The molecule has 5 nitrogen and oxygen atoms in total. The summed E-state index contributed by atoms with van der Waals surface area (Å²) in [7, 11) is 0. The minimum atomic E-state index is -1.10. The largest absolute Gasteiger partial charge is 0.506 e. The summed E-state index contributed by atoms with van der Waals surface area (Å²) in [4.78, 5) is 11.7. The predicted molar refractivity (Wildman–Crippen MR) is 162 cm³/mol. The zero-order valence-corrected chi connectivity index (χ0v) is 25.0. The predicted octanol–water partition coefficient (Wildman–Crippen LogP) is 8.98. The summed E-state index contributed by atoms with van der Waals surface area (Å²) in [5.74, 6) is -0.715. The number of carbonyl (C=O) groups is 1. The van der Waals surface area contributed by atoms with Gasteiger partial charge in [0.1, 0.15) is 22.7 Å². The highest BCUT2D eigenvalue weighted by atomic mass is 16.5. The van der Waals surface area contributed by atoms with Gasteiger partial charge in [-0.05, 0) is 95.9 Å². The molecule has 39 heavy (non-hydrogen) atoms. The number of aromatic carboxylic acids is 1. The summed E-state index contributed by atoms with van der Waals surface area (Å²) in [6, 6.07) is 3.55. The van der Waals surface area contributed by atoms with E-state index in [2.05, 4.69) is 32.2 Å². The Morgan fingerprint density at radius 1 is 1.05 bits per heavy atom. The second kappa shape index (κ2) is 15.5. The normalized spacial score (nSPS) is 21.3. The maximum atomic E-state index is 11.7. The lowest BCUT2D eigenvalue weighted by Gasteiger charge is -2.32. The zero-order chi connectivity index (χ0) is 28.3. The molecule has 1 aliphatic heterocycles. The number of carboxylic acid groups (broad SMARTS) is 1. The first-order valence-electron chi connectivity index (χ1n) is 15.6. The van der Waals surface area contributed by atoms with Crippen molar-refractivity contribution in [2.24, 2.45) is 0 Å². The van der Waals surface area contributed by atoms with Gasteiger partial charge in [-0.2, -0.15) is 0 Å². The molecule has 3 N–H and O–H groups in total. The summed E-state index contributed by atoms with van der Waals surface area (Å²) >= 11 is 0. The highest BCUT2D eigenvalue weighted by molar-refractivity contribution is 5.95. The van der Waals surface area contributed by atoms with E-state index in [1.54, 1.807) is 12.1 Å². The number of nitrogens with one attached hydrogen (secondary N) is 1. The number of unbranched alkanes of at least 4 members (excludes halogenated alkanes) is 2. The van der Waals surface area contributed by atoms with Crippen LogP contribution in [0.3, 0.4) is 0 Å². The average molecular weight is 540 g/mol. The van der Waals surface area contributed by atoms with Crippen LogP contribution in [0.1, 0.15) is 145 Å². The van der Waals surface area contributed by atoms with Crippen molar-refractivity contribution in [3.8, 4) is 11.5 Å². The number of aromatic hydroxyl groups is 1. The van der Waals surface area contributed by atoms with Gasteiger partial charge in [0.15, 0.2) is 0 Å². The Morgan fingerprint density at radius 2 is 1.67 bits per heavy atom. The number of allylic oxidation sites excluding steroid dienone is 2. The van der Waals surface area contributed by atoms with Crippen molar-refractivity contribution in [3.63, 3.8) is 0 Å². The number of hydrogen-bond acceptors (Lipinski definition) is 4. The van der Waals surface area contributed by atoms with E-state index in [-0.39, 0.29) is 11.3 Å². The Labute approximate surface area is 237 Å². The number of rotatable bonds is 10. The molecule has 0 spiro atoms. The van der Waals surface area contributed by atoms with Gasteiger partial charge < -0.3 is 20.3 Å². The van der Waals surface area contributed by atoms with Crippen LogP contribution >= 0.6 is 0 Å². The van der Waals surface area contributed by atoms with Gasteiger partial charge in [0, 0.05) is 12.1 Å². The van der Waals surface area contributed by atoms with Crippen molar-refractivity contribution in [3.05, 3.63) is 40.5 Å². The molecule has 0 aromatic heterocycles. The van der Waals surface area contributed by atoms with Gasteiger partial charge in [0.2, 0.25) is 0 Å². The van der Waals surface area contributed by atoms with E-state index < -0.39 is 11.6 Å². The molecule has 0 saturated heterocycles. The molecule has 2 saturated carbocycles. The van der Waals surface area contributed by atoms with Gasteiger partial charge >= 0.3 is 5.97 Å². The average Bonchev–Trinajstić information content (AvgIpc) is 2.90. The Balaban J connectivity index is 0.000000268.